The number of ketones is 1. The molecule has 1 aliphatic carbocycles. The lowest BCUT2D eigenvalue weighted by Crippen LogP contribution is -2.38. The van der Waals surface area contributed by atoms with Gasteiger partial charge in [0.25, 0.3) is 0 Å². The molecular weight excluding hydrogens is 614 g/mol. The maximum atomic E-state index is 13.9. The van der Waals surface area contributed by atoms with Crippen LogP contribution in [0.1, 0.15) is 30.7 Å². The Balaban J connectivity index is 1.47. The van der Waals surface area contributed by atoms with Crippen molar-refractivity contribution in [2.45, 2.75) is 29.5 Å². The second kappa shape index (κ2) is 12.9. The van der Waals surface area contributed by atoms with E-state index in [1.54, 1.807) is 17.0 Å². The standard InChI is InChI=1S/C29H26F2N6O5S2/c1-40-21-9-14(10-22(41-2)26(21)42-3)24-16(12-32)27(33)37(19-5-4-6-20(38)25(19)24)28-35-36-29(44-28)43-13-23(39)34-18-8-7-15(30)11-17(18)31/h7-11,24H,4-6,13,33H2,1-3H3,(H,34,39). The minimum Gasteiger partial charge on any atom is -0.493 e. The van der Waals surface area contributed by atoms with Crippen LogP contribution in [-0.4, -0.2) is 49.0 Å². The molecule has 2 aromatic carbocycles. The van der Waals surface area contributed by atoms with Gasteiger partial charge in [-0.2, -0.15) is 5.26 Å². The number of amides is 1. The smallest absolute Gasteiger partial charge is 0.234 e. The van der Waals surface area contributed by atoms with Crippen LogP contribution in [0.3, 0.4) is 0 Å². The van der Waals surface area contributed by atoms with Crippen molar-refractivity contribution < 1.29 is 32.6 Å². The number of ether oxygens (including phenoxy) is 3. The van der Waals surface area contributed by atoms with E-state index in [1.807, 2.05) is 0 Å². The third-order valence-corrected chi connectivity index (χ3v) is 9.09. The van der Waals surface area contributed by atoms with E-state index in [-0.39, 0.29) is 28.6 Å². The molecule has 1 aromatic heterocycles. The zero-order valence-electron chi connectivity index (χ0n) is 23.8. The molecule has 3 N–H and O–H groups in total. The normalized spacial score (nSPS) is 16.4. The summed E-state index contributed by atoms with van der Waals surface area (Å²) in [5, 5.41) is 21.4. The number of benzene rings is 2. The summed E-state index contributed by atoms with van der Waals surface area (Å²) in [6.45, 7) is 0. The molecule has 0 fully saturated rings. The van der Waals surface area contributed by atoms with E-state index < -0.39 is 23.5 Å². The molecule has 3 aromatic rings. The maximum absolute atomic E-state index is 13.9. The largest absolute Gasteiger partial charge is 0.493 e. The van der Waals surface area contributed by atoms with Crippen LogP contribution < -0.4 is 30.2 Å². The number of halogens is 2. The molecule has 2 heterocycles. The van der Waals surface area contributed by atoms with Gasteiger partial charge in [-0.25, -0.2) is 8.78 Å². The second-order valence-electron chi connectivity index (χ2n) is 9.59. The molecule has 5 rings (SSSR count). The van der Waals surface area contributed by atoms with Crippen LogP contribution >= 0.6 is 23.1 Å². The number of nitrogens with two attached hydrogens (primary N) is 1. The minimum absolute atomic E-state index is 0.0944. The number of methoxy groups -OCH3 is 3. The van der Waals surface area contributed by atoms with E-state index in [9.17, 15) is 23.6 Å². The SMILES string of the molecule is COc1cc(C2C(C#N)=C(N)N(c3nnc(SCC(=O)Nc4ccc(F)cc4F)s3)C3=C2C(=O)CCC3)cc(OC)c1OC. The van der Waals surface area contributed by atoms with Crippen molar-refractivity contribution in [2.75, 3.05) is 37.3 Å². The number of rotatable bonds is 9. The predicted octanol–water partition coefficient (Wildman–Crippen LogP) is 4.88. The van der Waals surface area contributed by atoms with Gasteiger partial charge in [-0.3, -0.25) is 14.5 Å². The minimum atomic E-state index is -0.891. The Morgan fingerprint density at radius 3 is 2.52 bits per heavy atom. The monoisotopic (exact) mass is 640 g/mol. The Kier molecular flexibility index (Phi) is 9.02. The number of aromatic nitrogens is 2. The molecule has 0 bridgehead atoms. The Morgan fingerprint density at radius 1 is 1.16 bits per heavy atom. The van der Waals surface area contributed by atoms with Crippen molar-refractivity contribution in [1.82, 2.24) is 10.2 Å². The fourth-order valence-corrected chi connectivity index (χ4v) is 6.84. The zero-order chi connectivity index (χ0) is 31.5. The first kappa shape index (κ1) is 30.8. The molecule has 15 heteroatoms. The van der Waals surface area contributed by atoms with Gasteiger partial charge in [0.2, 0.25) is 16.8 Å². The Labute approximate surface area is 259 Å². The lowest BCUT2D eigenvalue weighted by molar-refractivity contribution is -0.116. The van der Waals surface area contributed by atoms with E-state index in [2.05, 4.69) is 21.6 Å². The highest BCUT2D eigenvalue weighted by Crippen LogP contribution is 2.50. The summed E-state index contributed by atoms with van der Waals surface area (Å²) >= 11 is 2.17. The highest BCUT2D eigenvalue weighted by atomic mass is 32.2. The molecule has 0 radical (unpaired) electrons. The first-order chi connectivity index (χ1) is 21.2. The predicted molar refractivity (Wildman–Crippen MR) is 160 cm³/mol. The molecule has 0 spiro atoms. The Hall–Kier alpha value is -4.68. The number of nitriles is 1. The highest BCUT2D eigenvalue weighted by molar-refractivity contribution is 8.01. The van der Waals surface area contributed by atoms with Gasteiger partial charge in [0, 0.05) is 23.8 Å². The number of nitrogens with one attached hydrogen (secondary N) is 1. The number of hydrogen-bond acceptors (Lipinski definition) is 12. The summed E-state index contributed by atoms with van der Waals surface area (Å²) in [4.78, 5) is 27.5. The summed E-state index contributed by atoms with van der Waals surface area (Å²) in [5.41, 5.74) is 8.23. The van der Waals surface area contributed by atoms with Gasteiger partial charge in [0.1, 0.15) is 17.5 Å². The number of hydrogen-bond donors (Lipinski definition) is 2. The van der Waals surface area contributed by atoms with Crippen molar-refractivity contribution in [2.24, 2.45) is 5.73 Å². The van der Waals surface area contributed by atoms with Gasteiger partial charge in [-0.1, -0.05) is 23.1 Å². The van der Waals surface area contributed by atoms with Crippen LogP contribution in [0.5, 0.6) is 17.2 Å². The molecule has 1 unspecified atom stereocenters. The fourth-order valence-electron chi connectivity index (χ4n) is 5.16. The Morgan fingerprint density at radius 2 is 1.89 bits per heavy atom. The number of Topliss-reactive ketones (excluding diaryl/α,β-unsaturated/α-hetero) is 1. The molecule has 228 valence electrons. The van der Waals surface area contributed by atoms with Crippen LogP contribution in [-0.2, 0) is 9.59 Å². The van der Waals surface area contributed by atoms with E-state index in [0.717, 1.165) is 35.2 Å². The number of carbonyl (C=O) groups is 2. The lowest BCUT2D eigenvalue weighted by Gasteiger charge is -2.38. The van der Waals surface area contributed by atoms with E-state index in [4.69, 9.17) is 19.9 Å². The lowest BCUT2D eigenvalue weighted by atomic mass is 9.75. The Bertz CT molecular complexity index is 1730. The summed E-state index contributed by atoms with van der Waals surface area (Å²) in [7, 11) is 4.44. The van der Waals surface area contributed by atoms with Crippen LogP contribution in [0.2, 0.25) is 0 Å². The van der Waals surface area contributed by atoms with Gasteiger partial charge in [0.15, 0.2) is 21.6 Å². The van der Waals surface area contributed by atoms with Crippen LogP contribution in [0, 0.1) is 23.0 Å². The second-order valence-corrected chi connectivity index (χ2v) is 11.8. The quantitative estimate of drug-likeness (QED) is 0.308. The number of anilines is 2. The van der Waals surface area contributed by atoms with Gasteiger partial charge in [-0.05, 0) is 42.7 Å². The summed E-state index contributed by atoms with van der Waals surface area (Å²) in [6, 6.07) is 8.44. The van der Waals surface area contributed by atoms with Gasteiger partial charge in [0.05, 0.1) is 50.3 Å². The average molecular weight is 641 g/mol. The number of nitrogens with zero attached hydrogens (tertiary/aromatic N) is 4. The van der Waals surface area contributed by atoms with Crippen LogP contribution in [0.15, 0.2) is 57.3 Å². The van der Waals surface area contributed by atoms with Gasteiger partial charge >= 0.3 is 0 Å². The van der Waals surface area contributed by atoms with Gasteiger partial charge in [-0.15, -0.1) is 10.2 Å². The molecule has 44 heavy (non-hydrogen) atoms. The van der Waals surface area contributed by atoms with E-state index in [0.29, 0.717) is 68.9 Å². The van der Waals surface area contributed by atoms with Crippen molar-refractivity contribution in [3.8, 4) is 23.3 Å². The van der Waals surface area contributed by atoms with Crippen molar-refractivity contribution in [3.05, 3.63) is 70.2 Å². The van der Waals surface area contributed by atoms with Crippen LogP contribution in [0.4, 0.5) is 19.6 Å². The van der Waals surface area contributed by atoms with E-state index >= 15 is 0 Å². The summed E-state index contributed by atoms with van der Waals surface area (Å²) in [5.74, 6) is -2.03. The maximum Gasteiger partial charge on any atom is 0.234 e. The van der Waals surface area contributed by atoms with Crippen molar-refractivity contribution in [3.63, 3.8) is 0 Å². The molecule has 11 nitrogen and oxygen atoms in total. The molecule has 0 saturated heterocycles. The van der Waals surface area contributed by atoms with Crippen molar-refractivity contribution in [1.29, 1.82) is 5.26 Å². The number of thioether (sulfide) groups is 1. The van der Waals surface area contributed by atoms with Crippen LogP contribution in [0.25, 0.3) is 0 Å². The van der Waals surface area contributed by atoms with Gasteiger partial charge < -0.3 is 25.3 Å². The number of carbonyl (C=O) groups excluding carboxylic acids is 2. The first-order valence-electron chi connectivity index (χ1n) is 13.2. The molecule has 1 atom stereocenters. The molecular formula is C29H26F2N6O5S2. The fraction of sp³-hybridized carbons (Fsp3) is 0.276. The third kappa shape index (κ3) is 5.78. The molecule has 2 aliphatic rings. The van der Waals surface area contributed by atoms with Crippen molar-refractivity contribution >= 4 is 45.6 Å². The highest BCUT2D eigenvalue weighted by Gasteiger charge is 2.42. The molecule has 1 amide bonds. The summed E-state index contributed by atoms with van der Waals surface area (Å²) in [6.07, 6.45) is 1.37. The van der Waals surface area contributed by atoms with E-state index in [1.165, 1.54) is 21.3 Å². The summed E-state index contributed by atoms with van der Waals surface area (Å²) < 4.78 is 44.0. The molecule has 1 aliphatic heterocycles. The molecule has 0 saturated carbocycles. The first-order valence-corrected chi connectivity index (χ1v) is 15.0. The third-order valence-electron chi connectivity index (χ3n) is 7.05. The number of allylic oxidation sites excluding steroid dienone is 3. The topological polar surface area (TPSA) is 153 Å². The average Bonchev–Trinajstić information content (AvgIpc) is 3.48. The zero-order valence-corrected chi connectivity index (χ0v) is 25.4.